The lowest BCUT2D eigenvalue weighted by Gasteiger charge is -2.09. The van der Waals surface area contributed by atoms with Crippen molar-refractivity contribution in [3.8, 4) is 28.5 Å². The number of benzene rings is 2. The number of rotatable bonds is 10. The van der Waals surface area contributed by atoms with Crippen molar-refractivity contribution < 1.29 is 41.3 Å². The van der Waals surface area contributed by atoms with Crippen LogP contribution in [0.1, 0.15) is 6.42 Å². The molecule has 0 aliphatic rings. The Bertz CT molecular complexity index is 1410. The molecule has 178 valence electrons. The molecule has 0 amide bonds. The summed E-state index contributed by atoms with van der Waals surface area (Å²) in [5.74, 6) is 0.954. The van der Waals surface area contributed by atoms with Crippen LogP contribution in [0.3, 0.4) is 0 Å². The highest BCUT2D eigenvalue weighted by atomic mass is 32.2. The lowest BCUT2D eigenvalue weighted by atomic mass is 10.1. The van der Waals surface area contributed by atoms with Gasteiger partial charge < -0.3 is 19.0 Å². The van der Waals surface area contributed by atoms with E-state index in [-0.39, 0.29) is 6.42 Å². The SMILES string of the molecule is COc1ccc(-c2cnc(-c3cc[n+](CCCS(=O)(=O)[O-])c4ccccc34)o2)cc1SOO[O-]. The molecular formula is C22H19N2O8S2-. The molecule has 0 saturated heterocycles. The Kier molecular flexibility index (Phi) is 7.46. The summed E-state index contributed by atoms with van der Waals surface area (Å²) < 4.78 is 50.4. The van der Waals surface area contributed by atoms with Gasteiger partial charge in [0.25, 0.3) is 0 Å². The maximum Gasteiger partial charge on any atom is 0.227 e. The van der Waals surface area contributed by atoms with Crippen molar-refractivity contribution in [3.63, 3.8) is 0 Å². The largest absolute Gasteiger partial charge is 0.748 e. The van der Waals surface area contributed by atoms with Gasteiger partial charge in [0.15, 0.2) is 12.0 Å². The zero-order chi connectivity index (χ0) is 24.1. The number of ether oxygens (including phenoxy) is 1. The number of fused-ring (bicyclic) bond motifs is 1. The zero-order valence-corrected chi connectivity index (χ0v) is 19.5. The Morgan fingerprint density at radius 1 is 1.18 bits per heavy atom. The fraction of sp³-hybridized carbons (Fsp3) is 0.182. The normalized spacial score (nSPS) is 11.7. The minimum absolute atomic E-state index is 0.210. The van der Waals surface area contributed by atoms with Crippen LogP contribution in [0.4, 0.5) is 0 Å². The first-order valence-electron chi connectivity index (χ1n) is 10.0. The second-order valence-corrected chi connectivity index (χ2v) is 9.44. The van der Waals surface area contributed by atoms with Gasteiger partial charge in [0.2, 0.25) is 11.4 Å². The summed E-state index contributed by atoms with van der Waals surface area (Å²) in [5, 5.41) is 14.5. The molecule has 12 heteroatoms. The van der Waals surface area contributed by atoms with Gasteiger partial charge in [-0.05, 0) is 24.3 Å². The van der Waals surface area contributed by atoms with Crippen LogP contribution < -0.4 is 14.6 Å². The standard InChI is InChI=1S/C22H20N2O8S2/c1-29-19-8-7-15(13-21(19)33-32-31-25)20-14-23-22(30-20)17-9-11-24(10-4-12-34(26,27)28)18-6-3-2-5-16(17)18/h2-3,5-9,11,13-14H,4,10,12H2,1H3,(H-,25,26,27,28)/p-1. The minimum atomic E-state index is -4.26. The van der Waals surface area contributed by atoms with Gasteiger partial charge >= 0.3 is 0 Å². The number of aromatic nitrogens is 2. The molecule has 2 heterocycles. The quantitative estimate of drug-likeness (QED) is 0.104. The van der Waals surface area contributed by atoms with Crippen molar-refractivity contribution >= 4 is 33.1 Å². The van der Waals surface area contributed by atoms with Gasteiger partial charge in [-0.25, -0.2) is 13.4 Å². The summed E-state index contributed by atoms with van der Waals surface area (Å²) in [7, 11) is -2.77. The molecule has 4 aromatic rings. The van der Waals surface area contributed by atoms with E-state index in [1.165, 1.54) is 7.11 Å². The first-order chi connectivity index (χ1) is 16.4. The molecule has 4 rings (SSSR count). The Labute approximate surface area is 199 Å². The highest BCUT2D eigenvalue weighted by Crippen LogP contribution is 2.36. The van der Waals surface area contributed by atoms with Crippen LogP contribution >= 0.6 is 12.0 Å². The maximum absolute atomic E-state index is 10.9. The molecule has 0 bridgehead atoms. The van der Waals surface area contributed by atoms with Crippen molar-refractivity contribution in [3.05, 3.63) is 60.9 Å². The van der Waals surface area contributed by atoms with Crippen LogP contribution in [0.25, 0.3) is 33.7 Å². The molecule has 0 aliphatic carbocycles. The van der Waals surface area contributed by atoms with Gasteiger partial charge in [0.1, 0.15) is 12.3 Å². The van der Waals surface area contributed by atoms with Crippen LogP contribution in [0.2, 0.25) is 0 Å². The van der Waals surface area contributed by atoms with E-state index < -0.39 is 15.9 Å². The van der Waals surface area contributed by atoms with Gasteiger partial charge in [-0.2, -0.15) is 8.90 Å². The van der Waals surface area contributed by atoms with E-state index in [1.54, 1.807) is 30.6 Å². The monoisotopic (exact) mass is 503 g/mol. The maximum atomic E-state index is 10.9. The molecule has 0 spiro atoms. The molecule has 0 saturated carbocycles. The number of nitrogens with zero attached hydrogens (tertiary/aromatic N) is 2. The Hall–Kier alpha value is -3.00. The highest BCUT2D eigenvalue weighted by molar-refractivity contribution is 7.94. The first kappa shape index (κ1) is 24.1. The van der Waals surface area contributed by atoms with E-state index in [2.05, 4.69) is 14.4 Å². The molecule has 0 fully saturated rings. The first-order valence-corrected chi connectivity index (χ1v) is 12.3. The Morgan fingerprint density at radius 2 is 2.00 bits per heavy atom. The summed E-state index contributed by atoms with van der Waals surface area (Å²) in [5.41, 5.74) is 2.28. The van der Waals surface area contributed by atoms with Crippen molar-refractivity contribution in [2.45, 2.75) is 17.9 Å². The van der Waals surface area contributed by atoms with E-state index in [0.717, 1.165) is 16.5 Å². The van der Waals surface area contributed by atoms with Gasteiger partial charge in [-0.1, -0.05) is 12.1 Å². The molecule has 0 atom stereocenters. The van der Waals surface area contributed by atoms with Crippen LogP contribution in [0, 0.1) is 0 Å². The summed E-state index contributed by atoms with van der Waals surface area (Å²) in [6, 6.07) is 14.6. The van der Waals surface area contributed by atoms with E-state index in [0.29, 0.717) is 46.4 Å². The van der Waals surface area contributed by atoms with E-state index >= 15 is 0 Å². The molecule has 2 aromatic carbocycles. The third-order valence-corrected chi connectivity index (χ3v) is 6.46. The lowest BCUT2D eigenvalue weighted by molar-refractivity contribution is -0.777. The third-order valence-electron chi connectivity index (χ3n) is 5.05. The Morgan fingerprint density at radius 3 is 2.76 bits per heavy atom. The van der Waals surface area contributed by atoms with Crippen molar-refractivity contribution in [1.29, 1.82) is 0 Å². The van der Waals surface area contributed by atoms with Crippen LogP contribution in [-0.4, -0.2) is 30.8 Å². The fourth-order valence-electron chi connectivity index (χ4n) is 3.56. The Balaban J connectivity index is 1.66. The minimum Gasteiger partial charge on any atom is -0.748 e. The van der Waals surface area contributed by atoms with Crippen LogP contribution in [0.5, 0.6) is 5.75 Å². The summed E-state index contributed by atoms with van der Waals surface area (Å²) in [4.78, 5) is 4.94. The predicted octanol–water partition coefficient (Wildman–Crippen LogP) is 2.62. The van der Waals surface area contributed by atoms with E-state index in [1.807, 2.05) is 34.9 Å². The molecular weight excluding hydrogens is 484 g/mol. The predicted molar refractivity (Wildman–Crippen MR) is 119 cm³/mol. The topological polar surface area (TPSA) is 138 Å². The second kappa shape index (κ2) is 10.5. The molecule has 10 nitrogen and oxygen atoms in total. The molecule has 0 unspecified atom stereocenters. The average molecular weight is 504 g/mol. The van der Waals surface area contributed by atoms with Gasteiger partial charge in [-0.15, -0.1) is 0 Å². The summed E-state index contributed by atoms with van der Waals surface area (Å²) >= 11 is 0.713. The van der Waals surface area contributed by atoms with Crippen molar-refractivity contribution in [1.82, 2.24) is 4.98 Å². The molecule has 34 heavy (non-hydrogen) atoms. The molecule has 0 N–H and O–H groups in total. The number of pyridine rings is 1. The van der Waals surface area contributed by atoms with Crippen molar-refractivity contribution in [2.24, 2.45) is 0 Å². The third kappa shape index (κ3) is 5.55. The second-order valence-electron chi connectivity index (χ2n) is 7.17. The highest BCUT2D eigenvalue weighted by Gasteiger charge is 2.18. The van der Waals surface area contributed by atoms with E-state index in [4.69, 9.17) is 9.15 Å². The number of hydrogen-bond donors (Lipinski definition) is 0. The summed E-state index contributed by atoms with van der Waals surface area (Å²) in [6.07, 6.45) is 3.61. The number of oxazole rings is 1. The smallest absolute Gasteiger partial charge is 0.227 e. The van der Waals surface area contributed by atoms with Crippen LogP contribution in [0.15, 0.2) is 70.2 Å². The number of aryl methyl sites for hydroxylation is 1. The molecule has 0 radical (unpaired) electrons. The van der Waals surface area contributed by atoms with Gasteiger partial charge in [-0.3, -0.25) is 5.04 Å². The fourth-order valence-corrected chi connectivity index (χ4v) is 4.55. The zero-order valence-electron chi connectivity index (χ0n) is 17.9. The van der Waals surface area contributed by atoms with Crippen molar-refractivity contribution in [2.75, 3.05) is 12.9 Å². The number of hydrogen-bond acceptors (Lipinski definition) is 10. The molecule has 0 aliphatic heterocycles. The van der Waals surface area contributed by atoms with Crippen LogP contribution in [-0.2, 0) is 26.0 Å². The lowest BCUT2D eigenvalue weighted by Crippen LogP contribution is -2.35. The number of para-hydroxylation sites is 1. The molecule has 2 aromatic heterocycles. The summed E-state index contributed by atoms with van der Waals surface area (Å²) in [6.45, 7) is 0.376. The van der Waals surface area contributed by atoms with E-state index in [9.17, 15) is 18.2 Å². The average Bonchev–Trinajstić information content (AvgIpc) is 3.32. The van der Waals surface area contributed by atoms with Gasteiger partial charge in [0.05, 0.1) is 51.3 Å². The number of methoxy groups -OCH3 is 1. The van der Waals surface area contributed by atoms with Gasteiger partial charge in [0, 0.05) is 29.9 Å².